The van der Waals surface area contributed by atoms with Crippen LogP contribution in [-0.4, -0.2) is 27.3 Å². The number of H-pyrrole nitrogens is 1. The van der Waals surface area contributed by atoms with Crippen molar-refractivity contribution in [2.24, 2.45) is 0 Å². The Morgan fingerprint density at radius 3 is 2.52 bits per heavy atom. The Labute approximate surface area is 143 Å². The van der Waals surface area contributed by atoms with Gasteiger partial charge in [0.1, 0.15) is 5.52 Å². The summed E-state index contributed by atoms with van der Waals surface area (Å²) in [6.45, 7) is 2.03. The highest BCUT2D eigenvalue weighted by Crippen LogP contribution is 2.29. The van der Waals surface area contributed by atoms with Crippen LogP contribution < -0.4 is 4.74 Å². The number of fused-ring (bicyclic) bond motifs is 1. The van der Waals surface area contributed by atoms with E-state index in [0.717, 1.165) is 11.3 Å². The molecule has 0 unspecified atom stereocenters. The first-order chi connectivity index (χ1) is 12.2. The highest BCUT2D eigenvalue weighted by Gasteiger charge is 2.14. The second-order valence-corrected chi connectivity index (χ2v) is 5.74. The van der Waals surface area contributed by atoms with Crippen molar-refractivity contribution in [3.05, 3.63) is 60.0 Å². The van der Waals surface area contributed by atoms with Crippen LogP contribution in [0.25, 0.3) is 33.7 Å². The second-order valence-electron chi connectivity index (χ2n) is 5.74. The second kappa shape index (κ2) is 5.98. The lowest BCUT2D eigenvalue weighted by atomic mass is 10.1. The number of hydrogen-bond acceptors (Lipinski definition) is 4. The molecule has 5 nitrogen and oxygen atoms in total. The number of halogens is 1. The first-order valence-electron chi connectivity index (χ1n) is 7.78. The topological polar surface area (TPSA) is 63.7 Å². The summed E-state index contributed by atoms with van der Waals surface area (Å²) < 4.78 is 19.0. The summed E-state index contributed by atoms with van der Waals surface area (Å²) in [7, 11) is 1.43. The minimum Gasteiger partial charge on any atom is -0.494 e. The summed E-state index contributed by atoms with van der Waals surface area (Å²) in [6, 6.07) is 12.8. The van der Waals surface area contributed by atoms with E-state index >= 15 is 0 Å². The zero-order chi connectivity index (χ0) is 17.4. The van der Waals surface area contributed by atoms with Crippen molar-refractivity contribution < 1.29 is 9.13 Å². The fourth-order valence-electron chi connectivity index (χ4n) is 2.68. The number of benzene rings is 2. The van der Waals surface area contributed by atoms with Gasteiger partial charge in [-0.1, -0.05) is 29.8 Å². The largest absolute Gasteiger partial charge is 0.494 e. The molecule has 0 spiro atoms. The lowest BCUT2D eigenvalue weighted by Crippen LogP contribution is -1.91. The Morgan fingerprint density at radius 2 is 1.80 bits per heavy atom. The molecule has 0 amide bonds. The van der Waals surface area contributed by atoms with Gasteiger partial charge in [0.25, 0.3) is 0 Å². The van der Waals surface area contributed by atoms with Crippen LogP contribution in [0.4, 0.5) is 4.39 Å². The average molecular weight is 334 g/mol. The Hall–Kier alpha value is -3.28. The number of aryl methyl sites for hydroxylation is 1. The molecule has 2 aromatic carbocycles. The van der Waals surface area contributed by atoms with Gasteiger partial charge >= 0.3 is 0 Å². The highest BCUT2D eigenvalue weighted by atomic mass is 19.1. The predicted molar refractivity (Wildman–Crippen MR) is 93.8 cm³/mol. The number of nitrogens with one attached hydrogen (secondary N) is 1. The summed E-state index contributed by atoms with van der Waals surface area (Å²) in [5.41, 5.74) is 5.23. The van der Waals surface area contributed by atoms with Gasteiger partial charge in [-0.3, -0.25) is 5.10 Å². The SMILES string of the molecule is COc1ccc(-c2[nH]nc3ncc(-c4ccc(C)cc4)nc23)cc1F. The summed E-state index contributed by atoms with van der Waals surface area (Å²) in [6.07, 6.45) is 1.69. The number of rotatable bonds is 3. The van der Waals surface area contributed by atoms with E-state index < -0.39 is 5.82 Å². The maximum atomic E-state index is 14.0. The fourth-order valence-corrected chi connectivity index (χ4v) is 2.68. The molecule has 2 heterocycles. The van der Waals surface area contributed by atoms with Gasteiger partial charge in [-0.15, -0.1) is 0 Å². The molecule has 6 heteroatoms. The lowest BCUT2D eigenvalue weighted by molar-refractivity contribution is 0.386. The van der Waals surface area contributed by atoms with E-state index in [1.54, 1.807) is 18.3 Å². The van der Waals surface area contributed by atoms with E-state index in [-0.39, 0.29) is 5.75 Å². The highest BCUT2D eigenvalue weighted by molar-refractivity contribution is 5.88. The quantitative estimate of drug-likeness (QED) is 0.611. The predicted octanol–water partition coefficient (Wildman–Crippen LogP) is 4.14. The van der Waals surface area contributed by atoms with Crippen LogP contribution in [0.3, 0.4) is 0 Å². The van der Waals surface area contributed by atoms with Gasteiger partial charge in [-0.05, 0) is 25.1 Å². The lowest BCUT2D eigenvalue weighted by Gasteiger charge is -2.05. The molecule has 4 rings (SSSR count). The monoisotopic (exact) mass is 334 g/mol. The third kappa shape index (κ3) is 2.71. The Bertz CT molecular complexity index is 1060. The third-order valence-electron chi connectivity index (χ3n) is 4.05. The van der Waals surface area contributed by atoms with Gasteiger partial charge in [0.05, 0.1) is 24.7 Å². The molecular formula is C19H15FN4O. The maximum Gasteiger partial charge on any atom is 0.200 e. The van der Waals surface area contributed by atoms with Gasteiger partial charge in [-0.25, -0.2) is 14.4 Å². The first-order valence-corrected chi connectivity index (χ1v) is 7.78. The molecule has 0 bridgehead atoms. The van der Waals surface area contributed by atoms with E-state index in [1.165, 1.54) is 18.7 Å². The number of nitrogens with zero attached hydrogens (tertiary/aromatic N) is 3. The third-order valence-corrected chi connectivity index (χ3v) is 4.05. The summed E-state index contributed by atoms with van der Waals surface area (Å²) in [5, 5.41) is 7.06. The molecule has 0 aliphatic heterocycles. The molecule has 25 heavy (non-hydrogen) atoms. The smallest absolute Gasteiger partial charge is 0.200 e. The number of methoxy groups -OCH3 is 1. The van der Waals surface area contributed by atoms with E-state index in [0.29, 0.717) is 22.4 Å². The summed E-state index contributed by atoms with van der Waals surface area (Å²) in [5.74, 6) is -0.246. The molecule has 0 aliphatic carbocycles. The van der Waals surface area contributed by atoms with Crippen molar-refractivity contribution in [3.8, 4) is 28.3 Å². The van der Waals surface area contributed by atoms with Crippen molar-refractivity contribution >= 4 is 11.2 Å². The van der Waals surface area contributed by atoms with Gasteiger partial charge in [0.2, 0.25) is 0 Å². The van der Waals surface area contributed by atoms with E-state index in [4.69, 9.17) is 4.74 Å². The van der Waals surface area contributed by atoms with Crippen molar-refractivity contribution in [1.29, 1.82) is 0 Å². The average Bonchev–Trinajstić information content (AvgIpc) is 3.05. The molecule has 0 saturated carbocycles. The fraction of sp³-hybridized carbons (Fsp3) is 0.105. The van der Waals surface area contributed by atoms with Crippen molar-refractivity contribution in [2.75, 3.05) is 7.11 Å². The molecule has 0 atom stereocenters. The minimum atomic E-state index is -0.439. The maximum absolute atomic E-state index is 14.0. The van der Waals surface area contributed by atoms with Gasteiger partial charge in [0, 0.05) is 11.1 Å². The van der Waals surface area contributed by atoms with Crippen LogP contribution in [0, 0.1) is 12.7 Å². The molecule has 2 aromatic heterocycles. The minimum absolute atomic E-state index is 0.194. The van der Waals surface area contributed by atoms with Gasteiger partial charge < -0.3 is 4.74 Å². The van der Waals surface area contributed by atoms with Crippen LogP contribution in [0.2, 0.25) is 0 Å². The van der Waals surface area contributed by atoms with E-state index in [9.17, 15) is 4.39 Å². The Balaban J connectivity index is 1.84. The summed E-state index contributed by atoms with van der Waals surface area (Å²) in [4.78, 5) is 9.03. The zero-order valence-corrected chi connectivity index (χ0v) is 13.7. The molecule has 0 saturated heterocycles. The summed E-state index contributed by atoms with van der Waals surface area (Å²) >= 11 is 0. The van der Waals surface area contributed by atoms with Crippen LogP contribution >= 0.6 is 0 Å². The van der Waals surface area contributed by atoms with Crippen LogP contribution in [0.1, 0.15) is 5.56 Å². The Kier molecular flexibility index (Phi) is 3.65. The van der Waals surface area contributed by atoms with Gasteiger partial charge in [-0.2, -0.15) is 5.10 Å². The van der Waals surface area contributed by atoms with Crippen LogP contribution in [0.15, 0.2) is 48.7 Å². The van der Waals surface area contributed by atoms with Crippen LogP contribution in [0.5, 0.6) is 5.75 Å². The molecule has 0 fully saturated rings. The standard InChI is InChI=1S/C19H15FN4O/c1-11-3-5-12(6-4-11)15-10-21-19-18(22-15)17(23-24-19)13-7-8-16(25-2)14(20)9-13/h3-10H,1-2H3,(H,21,23,24). The van der Waals surface area contributed by atoms with E-state index in [1.807, 2.05) is 31.2 Å². The number of aromatic amines is 1. The molecule has 4 aromatic rings. The van der Waals surface area contributed by atoms with Crippen molar-refractivity contribution in [1.82, 2.24) is 20.2 Å². The molecule has 1 N–H and O–H groups in total. The molecule has 124 valence electrons. The molecular weight excluding hydrogens is 319 g/mol. The number of aromatic nitrogens is 4. The number of ether oxygens (including phenoxy) is 1. The number of hydrogen-bond donors (Lipinski definition) is 1. The normalized spacial score (nSPS) is 11.0. The van der Waals surface area contributed by atoms with Crippen molar-refractivity contribution in [3.63, 3.8) is 0 Å². The Morgan fingerprint density at radius 1 is 1.04 bits per heavy atom. The van der Waals surface area contributed by atoms with Gasteiger partial charge in [0.15, 0.2) is 17.2 Å². The first kappa shape index (κ1) is 15.3. The van der Waals surface area contributed by atoms with E-state index in [2.05, 4.69) is 20.2 Å². The zero-order valence-electron chi connectivity index (χ0n) is 13.7. The molecule has 0 aliphatic rings. The van der Waals surface area contributed by atoms with Crippen molar-refractivity contribution in [2.45, 2.75) is 6.92 Å². The molecule has 0 radical (unpaired) electrons. The van der Waals surface area contributed by atoms with Crippen LogP contribution in [-0.2, 0) is 0 Å².